The highest BCUT2D eigenvalue weighted by Crippen LogP contribution is 2.28. The van der Waals surface area contributed by atoms with Crippen molar-refractivity contribution < 1.29 is 19.0 Å². The molecule has 1 aromatic heterocycles. The number of hydrogen-bond donors (Lipinski definition) is 1. The van der Waals surface area contributed by atoms with Crippen LogP contribution in [-0.4, -0.2) is 53.7 Å². The molecule has 11 heteroatoms. The molecule has 1 amide bonds. The van der Waals surface area contributed by atoms with E-state index in [-0.39, 0.29) is 19.2 Å². The van der Waals surface area contributed by atoms with E-state index in [1.165, 1.54) is 20.3 Å². The normalized spacial score (nSPS) is 15.1. The van der Waals surface area contributed by atoms with Crippen molar-refractivity contribution in [1.29, 1.82) is 0 Å². The standard InChI is InChI=1S/C24H25ClN4O6/c1-33-19-9-8-17(12-20(19)34-2)29-24(32)28(14-15-5-3-6-16(25)11-15)23(31)21(27-29)22(30)26-13-18-7-4-10-35-18/h3,5-6,8-9,11-12,18H,4,7,10,13-14H2,1-2H3,(H,26,30). The molecule has 184 valence electrons. The molecule has 2 aromatic carbocycles. The molecule has 0 bridgehead atoms. The van der Waals surface area contributed by atoms with Gasteiger partial charge in [-0.2, -0.15) is 9.78 Å². The topological polar surface area (TPSA) is 114 Å². The van der Waals surface area contributed by atoms with E-state index in [0.717, 1.165) is 22.1 Å². The van der Waals surface area contributed by atoms with Gasteiger partial charge in [-0.25, -0.2) is 4.79 Å². The molecule has 4 rings (SSSR count). The molecule has 1 atom stereocenters. The van der Waals surface area contributed by atoms with Gasteiger partial charge in [0.1, 0.15) is 0 Å². The van der Waals surface area contributed by atoms with Gasteiger partial charge in [0.2, 0.25) is 5.69 Å². The predicted molar refractivity (Wildman–Crippen MR) is 129 cm³/mol. The molecule has 0 saturated carbocycles. The molecule has 10 nitrogen and oxygen atoms in total. The first kappa shape index (κ1) is 24.5. The highest BCUT2D eigenvalue weighted by molar-refractivity contribution is 6.30. The second-order valence-electron chi connectivity index (χ2n) is 7.95. The lowest BCUT2D eigenvalue weighted by Crippen LogP contribution is -2.46. The zero-order chi connectivity index (χ0) is 24.9. The SMILES string of the molecule is COc1ccc(-n2nc(C(=O)NCC3CCCO3)c(=O)n(Cc3cccc(Cl)c3)c2=O)cc1OC. The van der Waals surface area contributed by atoms with Crippen LogP contribution in [0.1, 0.15) is 28.9 Å². The fourth-order valence-electron chi connectivity index (χ4n) is 3.83. The average Bonchev–Trinajstić information content (AvgIpc) is 3.38. The van der Waals surface area contributed by atoms with Crippen molar-refractivity contribution in [3.05, 3.63) is 79.6 Å². The number of benzene rings is 2. The first-order valence-electron chi connectivity index (χ1n) is 11.0. The summed E-state index contributed by atoms with van der Waals surface area (Å²) in [6.07, 6.45) is 1.61. The second-order valence-corrected chi connectivity index (χ2v) is 8.38. The third-order valence-electron chi connectivity index (χ3n) is 5.63. The van der Waals surface area contributed by atoms with Crippen molar-refractivity contribution in [1.82, 2.24) is 19.7 Å². The Morgan fingerprint density at radius 2 is 1.97 bits per heavy atom. The molecule has 1 saturated heterocycles. The van der Waals surface area contributed by atoms with E-state index in [2.05, 4.69) is 10.4 Å². The second kappa shape index (κ2) is 10.7. The Hall–Kier alpha value is -3.63. The van der Waals surface area contributed by atoms with Crippen molar-refractivity contribution in [3.8, 4) is 17.2 Å². The first-order valence-corrected chi connectivity index (χ1v) is 11.4. The highest BCUT2D eigenvalue weighted by atomic mass is 35.5. The fraction of sp³-hybridized carbons (Fsp3) is 0.333. The van der Waals surface area contributed by atoms with Gasteiger partial charge < -0.3 is 19.5 Å². The van der Waals surface area contributed by atoms with E-state index in [1.807, 2.05) is 0 Å². The quantitative estimate of drug-likeness (QED) is 0.503. The maximum atomic E-state index is 13.4. The van der Waals surface area contributed by atoms with Gasteiger partial charge >= 0.3 is 5.69 Å². The molecule has 0 aliphatic carbocycles. The third-order valence-corrected chi connectivity index (χ3v) is 5.87. The summed E-state index contributed by atoms with van der Waals surface area (Å²) in [4.78, 5) is 39.6. The summed E-state index contributed by atoms with van der Waals surface area (Å²) < 4.78 is 18.1. The Bertz CT molecular complexity index is 1350. The highest BCUT2D eigenvalue weighted by Gasteiger charge is 2.23. The van der Waals surface area contributed by atoms with Crippen molar-refractivity contribution in [3.63, 3.8) is 0 Å². The molecule has 0 radical (unpaired) electrons. The number of nitrogens with one attached hydrogen (secondary N) is 1. The van der Waals surface area contributed by atoms with Gasteiger partial charge in [-0.15, -0.1) is 0 Å². The van der Waals surface area contributed by atoms with E-state index < -0.39 is 22.9 Å². The smallest absolute Gasteiger partial charge is 0.352 e. The number of halogens is 1. The zero-order valence-corrected chi connectivity index (χ0v) is 20.1. The predicted octanol–water partition coefficient (Wildman–Crippen LogP) is 2.02. The van der Waals surface area contributed by atoms with Crippen LogP contribution in [0.4, 0.5) is 0 Å². The molecule has 1 aliphatic rings. The molecule has 2 heterocycles. The minimum Gasteiger partial charge on any atom is -0.493 e. The van der Waals surface area contributed by atoms with Crippen molar-refractivity contribution in [2.45, 2.75) is 25.5 Å². The van der Waals surface area contributed by atoms with Crippen LogP contribution < -0.4 is 26.0 Å². The lowest BCUT2D eigenvalue weighted by molar-refractivity contribution is 0.0849. The van der Waals surface area contributed by atoms with Gasteiger partial charge in [-0.05, 0) is 42.7 Å². The van der Waals surface area contributed by atoms with Crippen LogP contribution in [-0.2, 0) is 11.3 Å². The van der Waals surface area contributed by atoms with E-state index >= 15 is 0 Å². The fourth-order valence-corrected chi connectivity index (χ4v) is 4.05. The molecule has 1 fully saturated rings. The van der Waals surface area contributed by atoms with Gasteiger partial charge in [0.05, 0.1) is 32.6 Å². The van der Waals surface area contributed by atoms with Gasteiger partial charge in [-0.3, -0.25) is 14.2 Å². The maximum Gasteiger partial charge on any atom is 0.352 e. The van der Waals surface area contributed by atoms with Crippen molar-refractivity contribution in [2.75, 3.05) is 27.4 Å². The number of hydrogen-bond acceptors (Lipinski definition) is 7. The summed E-state index contributed by atoms with van der Waals surface area (Å²) in [5.74, 6) is 0.112. The zero-order valence-electron chi connectivity index (χ0n) is 19.3. The van der Waals surface area contributed by atoms with Gasteiger partial charge in [0.15, 0.2) is 11.5 Å². The number of rotatable bonds is 8. The number of nitrogens with zero attached hydrogens (tertiary/aromatic N) is 3. The molecule has 1 aliphatic heterocycles. The van der Waals surface area contributed by atoms with Gasteiger partial charge in [-0.1, -0.05) is 23.7 Å². The lowest BCUT2D eigenvalue weighted by atomic mass is 10.2. The summed E-state index contributed by atoms with van der Waals surface area (Å²) in [6.45, 7) is 0.777. The minimum absolute atomic E-state index is 0.0972. The number of aromatic nitrogens is 3. The minimum atomic E-state index is -0.809. The Balaban J connectivity index is 1.80. The van der Waals surface area contributed by atoms with Crippen LogP contribution in [0.25, 0.3) is 5.69 Å². The van der Waals surface area contributed by atoms with E-state index in [9.17, 15) is 14.4 Å². The number of amides is 1. The Labute approximate surface area is 206 Å². The van der Waals surface area contributed by atoms with E-state index in [0.29, 0.717) is 34.4 Å². The van der Waals surface area contributed by atoms with Crippen molar-refractivity contribution in [2.24, 2.45) is 0 Å². The largest absolute Gasteiger partial charge is 0.493 e. The van der Waals surface area contributed by atoms with E-state index in [1.54, 1.807) is 36.4 Å². The summed E-state index contributed by atoms with van der Waals surface area (Å²) in [5.41, 5.74) is -1.04. The Morgan fingerprint density at radius 1 is 1.17 bits per heavy atom. The monoisotopic (exact) mass is 500 g/mol. The van der Waals surface area contributed by atoms with Crippen LogP contribution >= 0.6 is 11.6 Å². The number of carbonyl (C=O) groups is 1. The molecular formula is C24H25ClN4O6. The molecule has 0 spiro atoms. The number of ether oxygens (including phenoxy) is 3. The molecule has 1 unspecified atom stereocenters. The summed E-state index contributed by atoms with van der Waals surface area (Å²) >= 11 is 6.08. The van der Waals surface area contributed by atoms with Crippen LogP contribution in [0.2, 0.25) is 5.02 Å². The first-order chi connectivity index (χ1) is 16.9. The Kier molecular flexibility index (Phi) is 7.52. The summed E-state index contributed by atoms with van der Waals surface area (Å²) in [5, 5.41) is 7.29. The molecule has 3 aromatic rings. The third kappa shape index (κ3) is 5.39. The maximum absolute atomic E-state index is 13.4. The van der Waals surface area contributed by atoms with Crippen LogP contribution in [0, 0.1) is 0 Å². The molecular weight excluding hydrogens is 476 g/mol. The lowest BCUT2D eigenvalue weighted by Gasteiger charge is -2.15. The molecule has 35 heavy (non-hydrogen) atoms. The van der Waals surface area contributed by atoms with Gasteiger partial charge in [0, 0.05) is 24.2 Å². The number of methoxy groups -OCH3 is 2. The summed E-state index contributed by atoms with van der Waals surface area (Å²) in [6, 6.07) is 11.5. The van der Waals surface area contributed by atoms with Crippen molar-refractivity contribution >= 4 is 17.5 Å². The van der Waals surface area contributed by atoms with Crippen LogP contribution in [0.15, 0.2) is 52.1 Å². The van der Waals surface area contributed by atoms with Crippen LogP contribution in [0.5, 0.6) is 11.5 Å². The van der Waals surface area contributed by atoms with E-state index in [4.69, 9.17) is 25.8 Å². The van der Waals surface area contributed by atoms with Gasteiger partial charge in [0.25, 0.3) is 11.5 Å². The average molecular weight is 501 g/mol. The Morgan fingerprint density at radius 3 is 2.66 bits per heavy atom. The molecule has 1 N–H and O–H groups in total. The number of carbonyl (C=O) groups excluding carboxylic acids is 1. The van der Waals surface area contributed by atoms with Crippen LogP contribution in [0.3, 0.4) is 0 Å². The summed E-state index contributed by atoms with van der Waals surface area (Å²) in [7, 11) is 2.95.